The van der Waals surface area contributed by atoms with Crippen molar-refractivity contribution in [2.24, 2.45) is 11.8 Å². The molecule has 1 nitrogen and oxygen atoms in total. The molecule has 0 N–H and O–H groups in total. The van der Waals surface area contributed by atoms with Gasteiger partial charge in [-0.1, -0.05) is 25.3 Å². The van der Waals surface area contributed by atoms with Crippen LogP contribution in [0.3, 0.4) is 0 Å². The zero-order valence-electron chi connectivity index (χ0n) is 6.75. The second kappa shape index (κ2) is 2.80. The van der Waals surface area contributed by atoms with Gasteiger partial charge in [0.1, 0.15) is 0 Å². The van der Waals surface area contributed by atoms with Gasteiger partial charge in [0.15, 0.2) is 5.78 Å². The molecule has 2 rings (SSSR count). The van der Waals surface area contributed by atoms with E-state index in [1.165, 1.54) is 25.7 Å². The van der Waals surface area contributed by atoms with Gasteiger partial charge >= 0.3 is 0 Å². The summed E-state index contributed by atoms with van der Waals surface area (Å²) in [5.74, 6) is 1.36. The first-order valence-corrected chi connectivity index (χ1v) is 4.60. The van der Waals surface area contributed by atoms with Crippen molar-refractivity contribution >= 4 is 5.78 Å². The minimum absolute atomic E-state index is 0.373. The van der Waals surface area contributed by atoms with E-state index in [1.54, 1.807) is 6.08 Å². The highest BCUT2D eigenvalue weighted by Gasteiger charge is 2.30. The van der Waals surface area contributed by atoms with Gasteiger partial charge in [-0.25, -0.2) is 0 Å². The van der Waals surface area contributed by atoms with Crippen molar-refractivity contribution in [3.05, 3.63) is 12.2 Å². The number of allylic oxidation sites excluding steroid dienone is 2. The molecule has 1 fully saturated rings. The van der Waals surface area contributed by atoms with E-state index in [9.17, 15) is 4.79 Å². The van der Waals surface area contributed by atoms with E-state index in [1.807, 2.05) is 0 Å². The lowest BCUT2D eigenvalue weighted by atomic mass is 9.90. The quantitative estimate of drug-likeness (QED) is 0.518. The summed E-state index contributed by atoms with van der Waals surface area (Å²) in [4.78, 5) is 11.3. The molecule has 0 aromatic carbocycles. The van der Waals surface area contributed by atoms with E-state index in [0.717, 1.165) is 6.42 Å². The molecule has 0 radical (unpaired) electrons. The third-order valence-corrected chi connectivity index (χ3v) is 2.94. The summed E-state index contributed by atoms with van der Waals surface area (Å²) >= 11 is 0. The molecule has 0 aliphatic heterocycles. The van der Waals surface area contributed by atoms with Crippen LogP contribution >= 0.6 is 0 Å². The maximum absolute atomic E-state index is 11.3. The second-order valence-electron chi connectivity index (χ2n) is 3.67. The van der Waals surface area contributed by atoms with Gasteiger partial charge in [-0.05, 0) is 24.8 Å². The summed E-state index contributed by atoms with van der Waals surface area (Å²) in [5.41, 5.74) is 0. The summed E-state index contributed by atoms with van der Waals surface area (Å²) in [6.07, 6.45) is 10.2. The second-order valence-corrected chi connectivity index (χ2v) is 3.67. The zero-order valence-corrected chi connectivity index (χ0v) is 6.75. The Bertz CT molecular complexity index is 193. The number of rotatable bonds is 0. The first-order chi connectivity index (χ1) is 5.38. The zero-order chi connectivity index (χ0) is 7.68. The van der Waals surface area contributed by atoms with Crippen LogP contribution in [0.1, 0.15) is 32.1 Å². The van der Waals surface area contributed by atoms with Crippen LogP contribution < -0.4 is 0 Å². The fourth-order valence-electron chi connectivity index (χ4n) is 2.26. The molecule has 1 heteroatoms. The molecular weight excluding hydrogens is 136 g/mol. The Labute approximate surface area is 67.5 Å². The van der Waals surface area contributed by atoms with E-state index in [4.69, 9.17) is 0 Å². The first kappa shape index (κ1) is 7.08. The van der Waals surface area contributed by atoms with Crippen LogP contribution in [0.4, 0.5) is 0 Å². The molecule has 1 saturated carbocycles. The predicted molar refractivity (Wildman–Crippen MR) is 44.2 cm³/mol. The van der Waals surface area contributed by atoms with Crippen LogP contribution in [0, 0.1) is 11.8 Å². The molecule has 0 bridgehead atoms. The minimum atomic E-state index is 0.373. The smallest absolute Gasteiger partial charge is 0.159 e. The monoisotopic (exact) mass is 150 g/mol. The highest BCUT2D eigenvalue weighted by atomic mass is 16.1. The first-order valence-electron chi connectivity index (χ1n) is 4.60. The Morgan fingerprint density at radius 1 is 1.18 bits per heavy atom. The van der Waals surface area contributed by atoms with Crippen molar-refractivity contribution in [3.8, 4) is 0 Å². The predicted octanol–water partition coefficient (Wildman–Crippen LogP) is 2.32. The standard InChI is InChI=1S/C10H14O/c11-10-7-6-8-4-2-1-3-5-9(8)10/h6-9H,1-5H2/t8-,9-/m1/s1. The fraction of sp³-hybridized carbons (Fsp3) is 0.700. The molecular formula is C10H14O. The van der Waals surface area contributed by atoms with E-state index in [2.05, 4.69) is 6.08 Å². The summed E-state index contributed by atoms with van der Waals surface area (Å²) in [6.45, 7) is 0. The van der Waals surface area contributed by atoms with Crippen LogP contribution in [0.5, 0.6) is 0 Å². The Morgan fingerprint density at radius 2 is 2.00 bits per heavy atom. The molecule has 11 heavy (non-hydrogen) atoms. The molecule has 2 aliphatic rings. The van der Waals surface area contributed by atoms with Crippen molar-refractivity contribution in [2.75, 3.05) is 0 Å². The number of ketones is 1. The van der Waals surface area contributed by atoms with Crippen LogP contribution in [0.2, 0.25) is 0 Å². The van der Waals surface area contributed by atoms with Crippen LogP contribution in [-0.2, 0) is 4.79 Å². The number of carbonyl (C=O) groups is 1. The average Bonchev–Trinajstić information content (AvgIpc) is 2.25. The number of fused-ring (bicyclic) bond motifs is 1. The van der Waals surface area contributed by atoms with Crippen molar-refractivity contribution < 1.29 is 4.79 Å². The van der Waals surface area contributed by atoms with Crippen molar-refractivity contribution in [2.45, 2.75) is 32.1 Å². The molecule has 2 atom stereocenters. The van der Waals surface area contributed by atoms with Crippen molar-refractivity contribution in [3.63, 3.8) is 0 Å². The number of carbonyl (C=O) groups excluding carboxylic acids is 1. The van der Waals surface area contributed by atoms with Gasteiger partial charge in [-0.3, -0.25) is 4.79 Å². The van der Waals surface area contributed by atoms with E-state index in [-0.39, 0.29) is 0 Å². The Kier molecular flexibility index (Phi) is 1.80. The lowest BCUT2D eigenvalue weighted by molar-refractivity contribution is -0.118. The molecule has 0 saturated heterocycles. The molecule has 2 aliphatic carbocycles. The minimum Gasteiger partial charge on any atom is -0.295 e. The third kappa shape index (κ3) is 1.24. The van der Waals surface area contributed by atoms with Crippen LogP contribution in [-0.4, -0.2) is 5.78 Å². The molecule has 0 unspecified atom stereocenters. The molecule has 0 aromatic rings. The van der Waals surface area contributed by atoms with Gasteiger partial charge in [0.2, 0.25) is 0 Å². The molecule has 60 valence electrons. The van der Waals surface area contributed by atoms with E-state index < -0.39 is 0 Å². The highest BCUT2D eigenvalue weighted by molar-refractivity contribution is 5.94. The van der Waals surface area contributed by atoms with Crippen LogP contribution in [0.15, 0.2) is 12.2 Å². The van der Waals surface area contributed by atoms with Gasteiger partial charge in [0.25, 0.3) is 0 Å². The molecule has 0 amide bonds. The van der Waals surface area contributed by atoms with Gasteiger partial charge in [-0.15, -0.1) is 0 Å². The average molecular weight is 150 g/mol. The molecule has 0 heterocycles. The van der Waals surface area contributed by atoms with Gasteiger partial charge < -0.3 is 0 Å². The van der Waals surface area contributed by atoms with Gasteiger partial charge in [0, 0.05) is 5.92 Å². The maximum atomic E-state index is 11.3. The maximum Gasteiger partial charge on any atom is 0.159 e. The lowest BCUT2D eigenvalue weighted by Crippen LogP contribution is -2.13. The Hall–Kier alpha value is -0.590. The SMILES string of the molecule is O=C1C=C[C@H]2CCCCC[C@@H]12. The lowest BCUT2D eigenvalue weighted by Gasteiger charge is -2.12. The number of hydrogen-bond donors (Lipinski definition) is 0. The Balaban J connectivity index is 2.11. The van der Waals surface area contributed by atoms with Gasteiger partial charge in [0.05, 0.1) is 0 Å². The summed E-state index contributed by atoms with van der Waals surface area (Å²) in [5, 5.41) is 0. The Morgan fingerprint density at radius 3 is 2.91 bits per heavy atom. The fourth-order valence-corrected chi connectivity index (χ4v) is 2.26. The van der Waals surface area contributed by atoms with Crippen molar-refractivity contribution in [1.82, 2.24) is 0 Å². The summed E-state index contributed by atoms with van der Waals surface area (Å²) in [6, 6.07) is 0. The molecule has 0 spiro atoms. The van der Waals surface area contributed by atoms with Crippen LogP contribution in [0.25, 0.3) is 0 Å². The van der Waals surface area contributed by atoms with E-state index >= 15 is 0 Å². The largest absolute Gasteiger partial charge is 0.295 e. The highest BCUT2D eigenvalue weighted by Crippen LogP contribution is 2.34. The normalized spacial score (nSPS) is 36.9. The third-order valence-electron chi connectivity index (χ3n) is 2.94. The molecule has 0 aromatic heterocycles. The van der Waals surface area contributed by atoms with Crippen molar-refractivity contribution in [1.29, 1.82) is 0 Å². The summed E-state index contributed by atoms with van der Waals surface area (Å²) in [7, 11) is 0. The summed E-state index contributed by atoms with van der Waals surface area (Å²) < 4.78 is 0. The van der Waals surface area contributed by atoms with E-state index in [0.29, 0.717) is 17.6 Å². The number of hydrogen-bond acceptors (Lipinski definition) is 1. The van der Waals surface area contributed by atoms with Gasteiger partial charge in [-0.2, -0.15) is 0 Å². The topological polar surface area (TPSA) is 17.1 Å².